The van der Waals surface area contributed by atoms with E-state index in [4.69, 9.17) is 4.74 Å². The molecule has 7 heteroatoms. The van der Waals surface area contributed by atoms with Crippen LogP contribution >= 0.6 is 27.3 Å². The van der Waals surface area contributed by atoms with Crippen molar-refractivity contribution in [2.45, 2.75) is 6.92 Å². The topological polar surface area (TPSA) is 52.3 Å². The predicted octanol–water partition coefficient (Wildman–Crippen LogP) is 4.68. The second kappa shape index (κ2) is 6.33. The van der Waals surface area contributed by atoms with Crippen LogP contribution in [0, 0.1) is 0 Å². The maximum absolute atomic E-state index is 5.48. The van der Waals surface area contributed by atoms with E-state index in [9.17, 15) is 0 Å². The van der Waals surface area contributed by atoms with Crippen LogP contribution in [-0.2, 0) is 0 Å². The number of fused-ring (bicyclic) bond motifs is 1. The van der Waals surface area contributed by atoms with Crippen LogP contribution in [-0.4, -0.2) is 26.4 Å². The summed E-state index contributed by atoms with van der Waals surface area (Å²) in [5.41, 5.74) is 2.00. The molecule has 24 heavy (non-hydrogen) atoms. The first-order valence-electron chi connectivity index (χ1n) is 7.46. The van der Waals surface area contributed by atoms with Crippen molar-refractivity contribution < 1.29 is 4.74 Å². The highest BCUT2D eigenvalue weighted by Gasteiger charge is 2.16. The first-order valence-corrected chi connectivity index (χ1v) is 9.07. The Labute approximate surface area is 151 Å². The van der Waals surface area contributed by atoms with Gasteiger partial charge in [0.05, 0.1) is 6.61 Å². The fourth-order valence-corrected chi connectivity index (χ4v) is 3.71. The number of aromatic nitrogens is 4. The minimum Gasteiger partial charge on any atom is -0.494 e. The van der Waals surface area contributed by atoms with Crippen molar-refractivity contribution >= 4 is 32.2 Å². The summed E-state index contributed by atoms with van der Waals surface area (Å²) in [4.78, 5) is 0.768. The maximum atomic E-state index is 5.48. The van der Waals surface area contributed by atoms with E-state index < -0.39 is 0 Å². The summed E-state index contributed by atoms with van der Waals surface area (Å²) in [7, 11) is 0. The summed E-state index contributed by atoms with van der Waals surface area (Å²) in [5, 5.41) is 14.1. The second-order valence-electron chi connectivity index (χ2n) is 5.06. The molecule has 5 nitrogen and oxygen atoms in total. The molecular formula is C17H13BrN4OS. The van der Waals surface area contributed by atoms with Crippen molar-refractivity contribution in [3.05, 3.63) is 53.0 Å². The number of halogens is 1. The molecule has 0 saturated carbocycles. The standard InChI is InChI=1S/C17H13BrN4OS/c1-2-23-12-9-7-11(8-10-12)16-21-22-15(19-20-17(22)24-16)13-5-3-4-6-14(13)18/h3-10H,2H2,1H3. The van der Waals surface area contributed by atoms with E-state index in [-0.39, 0.29) is 0 Å². The van der Waals surface area contributed by atoms with Crippen LogP contribution in [0.5, 0.6) is 5.75 Å². The van der Waals surface area contributed by atoms with Crippen molar-refractivity contribution in [3.8, 4) is 27.7 Å². The molecule has 120 valence electrons. The quantitative estimate of drug-likeness (QED) is 0.498. The van der Waals surface area contributed by atoms with Gasteiger partial charge < -0.3 is 4.74 Å². The van der Waals surface area contributed by atoms with Crippen molar-refractivity contribution in [2.75, 3.05) is 6.61 Å². The van der Waals surface area contributed by atoms with E-state index in [1.165, 1.54) is 11.3 Å². The van der Waals surface area contributed by atoms with Gasteiger partial charge in [-0.1, -0.05) is 39.4 Å². The Morgan fingerprint density at radius 1 is 1.08 bits per heavy atom. The molecule has 0 aliphatic rings. The van der Waals surface area contributed by atoms with Crippen LogP contribution in [0.1, 0.15) is 6.92 Å². The zero-order valence-corrected chi connectivity index (χ0v) is 15.2. The molecule has 4 rings (SSSR count). The van der Waals surface area contributed by atoms with Gasteiger partial charge in [0.2, 0.25) is 4.96 Å². The van der Waals surface area contributed by atoms with Gasteiger partial charge in [-0.3, -0.25) is 0 Å². The minimum absolute atomic E-state index is 0.658. The Balaban J connectivity index is 1.76. The summed E-state index contributed by atoms with van der Waals surface area (Å²) in [6.07, 6.45) is 0. The molecule has 2 aromatic carbocycles. The molecule has 0 radical (unpaired) electrons. The van der Waals surface area contributed by atoms with E-state index in [1.54, 1.807) is 4.52 Å². The summed E-state index contributed by atoms with van der Waals surface area (Å²) >= 11 is 5.07. The Morgan fingerprint density at radius 3 is 2.62 bits per heavy atom. The van der Waals surface area contributed by atoms with Crippen LogP contribution in [0.3, 0.4) is 0 Å². The van der Waals surface area contributed by atoms with Crippen LogP contribution in [0.25, 0.3) is 26.9 Å². The third-order valence-corrected chi connectivity index (χ3v) is 5.16. The molecule has 0 unspecified atom stereocenters. The summed E-state index contributed by atoms with van der Waals surface area (Å²) < 4.78 is 8.24. The average molecular weight is 401 g/mol. The third kappa shape index (κ3) is 2.70. The SMILES string of the molecule is CCOc1ccc(-c2nn3c(-c4ccccc4Br)nnc3s2)cc1. The average Bonchev–Trinajstić information content (AvgIpc) is 3.17. The fraction of sp³-hybridized carbons (Fsp3) is 0.118. The van der Waals surface area contributed by atoms with Gasteiger partial charge in [-0.05, 0) is 43.3 Å². The van der Waals surface area contributed by atoms with Crippen molar-refractivity contribution in [2.24, 2.45) is 0 Å². The van der Waals surface area contributed by atoms with Crippen molar-refractivity contribution in [1.82, 2.24) is 19.8 Å². The lowest BCUT2D eigenvalue weighted by molar-refractivity contribution is 0.340. The number of hydrogen-bond donors (Lipinski definition) is 0. The second-order valence-corrected chi connectivity index (χ2v) is 6.87. The minimum atomic E-state index is 0.658. The van der Waals surface area contributed by atoms with Gasteiger partial charge in [-0.15, -0.1) is 10.2 Å². The largest absolute Gasteiger partial charge is 0.494 e. The van der Waals surface area contributed by atoms with Gasteiger partial charge in [-0.25, -0.2) is 0 Å². The molecule has 0 aliphatic carbocycles. The van der Waals surface area contributed by atoms with E-state index in [0.717, 1.165) is 37.1 Å². The molecule has 0 spiro atoms. The molecule has 2 heterocycles. The predicted molar refractivity (Wildman–Crippen MR) is 98.4 cm³/mol. The molecule has 0 fully saturated rings. The van der Waals surface area contributed by atoms with Gasteiger partial charge in [0.15, 0.2) is 5.82 Å². The Kier molecular flexibility index (Phi) is 4.03. The van der Waals surface area contributed by atoms with Gasteiger partial charge in [0.25, 0.3) is 0 Å². The van der Waals surface area contributed by atoms with Crippen LogP contribution < -0.4 is 4.74 Å². The molecule has 0 amide bonds. The molecule has 4 aromatic rings. The van der Waals surface area contributed by atoms with Gasteiger partial charge in [0, 0.05) is 15.6 Å². The molecule has 0 N–H and O–H groups in total. The van der Waals surface area contributed by atoms with Gasteiger partial charge >= 0.3 is 0 Å². The van der Waals surface area contributed by atoms with E-state index >= 15 is 0 Å². The third-order valence-electron chi connectivity index (χ3n) is 3.52. The smallest absolute Gasteiger partial charge is 0.235 e. The lowest BCUT2D eigenvalue weighted by atomic mass is 10.2. The number of rotatable bonds is 4. The lowest BCUT2D eigenvalue weighted by Gasteiger charge is -2.02. The maximum Gasteiger partial charge on any atom is 0.235 e. The normalized spacial score (nSPS) is 11.1. The summed E-state index contributed by atoms with van der Waals surface area (Å²) in [6, 6.07) is 15.8. The molecule has 0 aliphatic heterocycles. The molecule has 0 bridgehead atoms. The van der Waals surface area contributed by atoms with Gasteiger partial charge in [-0.2, -0.15) is 9.61 Å². The lowest BCUT2D eigenvalue weighted by Crippen LogP contribution is -1.92. The van der Waals surface area contributed by atoms with E-state index in [1.807, 2.05) is 55.5 Å². The number of ether oxygens (including phenoxy) is 1. The van der Waals surface area contributed by atoms with Crippen molar-refractivity contribution in [3.63, 3.8) is 0 Å². The number of hydrogen-bond acceptors (Lipinski definition) is 5. The summed E-state index contributed by atoms with van der Waals surface area (Å²) in [6.45, 7) is 2.63. The van der Waals surface area contributed by atoms with Crippen molar-refractivity contribution in [1.29, 1.82) is 0 Å². The molecule has 2 aromatic heterocycles. The van der Waals surface area contributed by atoms with Gasteiger partial charge in [0.1, 0.15) is 10.8 Å². The molecular weight excluding hydrogens is 388 g/mol. The van der Waals surface area contributed by atoms with E-state index in [2.05, 4.69) is 31.2 Å². The highest BCUT2D eigenvalue weighted by atomic mass is 79.9. The zero-order valence-electron chi connectivity index (χ0n) is 12.8. The highest BCUT2D eigenvalue weighted by Crippen LogP contribution is 2.31. The van der Waals surface area contributed by atoms with Crippen LogP contribution in [0.2, 0.25) is 0 Å². The Hall–Kier alpha value is -2.25. The zero-order chi connectivity index (χ0) is 16.5. The molecule has 0 atom stereocenters. The summed E-state index contributed by atoms with van der Waals surface area (Å²) in [5.74, 6) is 1.59. The Morgan fingerprint density at radius 2 is 1.88 bits per heavy atom. The monoisotopic (exact) mass is 400 g/mol. The van der Waals surface area contributed by atoms with Crippen LogP contribution in [0.4, 0.5) is 0 Å². The molecule has 0 saturated heterocycles. The Bertz CT molecular complexity index is 993. The number of nitrogens with zero attached hydrogens (tertiary/aromatic N) is 4. The first-order chi connectivity index (χ1) is 11.8. The highest BCUT2D eigenvalue weighted by molar-refractivity contribution is 9.10. The van der Waals surface area contributed by atoms with E-state index in [0.29, 0.717) is 6.61 Å². The fourth-order valence-electron chi connectivity index (χ4n) is 2.40. The number of benzene rings is 2. The van der Waals surface area contributed by atoms with Crippen LogP contribution in [0.15, 0.2) is 53.0 Å². The first kappa shape index (κ1) is 15.3.